The van der Waals surface area contributed by atoms with Crippen LogP contribution < -0.4 is 5.32 Å². The molecule has 0 amide bonds. The van der Waals surface area contributed by atoms with Crippen LogP contribution >= 0.6 is 0 Å². The Balaban J connectivity index is 2.69. The first kappa shape index (κ1) is 15.2. The molecule has 0 radical (unpaired) electrons. The third-order valence-corrected chi connectivity index (χ3v) is 2.80. The summed E-state index contributed by atoms with van der Waals surface area (Å²) in [7, 11) is 0. The summed E-state index contributed by atoms with van der Waals surface area (Å²) in [5.41, 5.74) is 0.981. The number of carboxylic acids is 1. The van der Waals surface area contributed by atoms with Crippen molar-refractivity contribution >= 4 is 11.9 Å². The number of hydrogen-bond acceptors (Lipinski definition) is 4. The van der Waals surface area contributed by atoms with Crippen LogP contribution in [0.4, 0.5) is 0 Å². The maximum atomic E-state index is 11.8. The van der Waals surface area contributed by atoms with Gasteiger partial charge in [0.25, 0.3) is 0 Å². The van der Waals surface area contributed by atoms with Crippen LogP contribution in [0.15, 0.2) is 30.3 Å². The minimum atomic E-state index is -1.03. The van der Waals surface area contributed by atoms with Crippen molar-refractivity contribution in [2.24, 2.45) is 5.92 Å². The number of benzene rings is 1. The molecule has 1 rings (SSSR count). The minimum absolute atomic E-state index is 0.231. The predicted octanol–water partition coefficient (Wildman–Crippen LogP) is 1.43. The number of hydrogen-bond donors (Lipinski definition) is 2. The monoisotopic (exact) mass is 265 g/mol. The van der Waals surface area contributed by atoms with Crippen LogP contribution in [0.2, 0.25) is 0 Å². The fourth-order valence-corrected chi connectivity index (χ4v) is 1.66. The summed E-state index contributed by atoms with van der Waals surface area (Å²) >= 11 is 0. The van der Waals surface area contributed by atoms with Crippen molar-refractivity contribution in [3.63, 3.8) is 0 Å². The van der Waals surface area contributed by atoms with E-state index in [9.17, 15) is 9.59 Å². The fraction of sp³-hybridized carbons (Fsp3) is 0.429. The van der Waals surface area contributed by atoms with Gasteiger partial charge in [0.15, 0.2) is 0 Å². The van der Waals surface area contributed by atoms with Crippen LogP contribution in [0.3, 0.4) is 0 Å². The summed E-state index contributed by atoms with van der Waals surface area (Å²) in [5, 5.41) is 12.0. The molecule has 2 N–H and O–H groups in total. The van der Waals surface area contributed by atoms with Crippen molar-refractivity contribution in [3.05, 3.63) is 35.9 Å². The molecule has 0 aromatic heterocycles. The summed E-state index contributed by atoms with van der Waals surface area (Å²) in [6.07, 6.45) is 0. The van der Waals surface area contributed by atoms with E-state index in [-0.39, 0.29) is 6.61 Å². The Morgan fingerprint density at radius 1 is 1.32 bits per heavy atom. The van der Waals surface area contributed by atoms with Gasteiger partial charge in [0.1, 0.15) is 6.04 Å². The van der Waals surface area contributed by atoms with Gasteiger partial charge in [0, 0.05) is 6.54 Å². The molecular formula is C14H19NO4. The highest BCUT2D eigenvalue weighted by Gasteiger charge is 2.30. The molecule has 5 nitrogen and oxygen atoms in total. The lowest BCUT2D eigenvalue weighted by Crippen LogP contribution is -2.45. The number of carbonyl (C=O) groups excluding carboxylic acids is 1. The number of carboxylic acid groups (broad SMARTS) is 1. The van der Waals surface area contributed by atoms with Crippen LogP contribution in [0, 0.1) is 5.92 Å². The van der Waals surface area contributed by atoms with Gasteiger partial charge in [-0.3, -0.25) is 14.9 Å². The predicted molar refractivity (Wildman–Crippen MR) is 70.5 cm³/mol. The first-order chi connectivity index (χ1) is 9.06. The zero-order chi connectivity index (χ0) is 14.3. The van der Waals surface area contributed by atoms with Gasteiger partial charge in [-0.15, -0.1) is 0 Å². The highest BCUT2D eigenvalue weighted by Crippen LogP contribution is 2.08. The van der Waals surface area contributed by atoms with E-state index in [4.69, 9.17) is 9.84 Å². The Morgan fingerprint density at radius 2 is 1.95 bits per heavy atom. The maximum absolute atomic E-state index is 11.8. The molecule has 1 unspecified atom stereocenters. The number of nitrogens with one attached hydrogen (secondary N) is 1. The number of ether oxygens (including phenoxy) is 1. The van der Waals surface area contributed by atoms with Crippen LogP contribution in [0.1, 0.15) is 19.4 Å². The van der Waals surface area contributed by atoms with E-state index < -0.39 is 23.9 Å². The quantitative estimate of drug-likeness (QED) is 0.729. The maximum Gasteiger partial charge on any atom is 0.324 e. The zero-order valence-electron chi connectivity index (χ0n) is 11.1. The van der Waals surface area contributed by atoms with Gasteiger partial charge in [0.05, 0.1) is 12.5 Å². The largest absolute Gasteiger partial charge is 0.481 e. The Kier molecular flexibility index (Phi) is 6.02. The molecule has 5 heteroatoms. The van der Waals surface area contributed by atoms with Crippen molar-refractivity contribution in [3.8, 4) is 0 Å². The minimum Gasteiger partial charge on any atom is -0.481 e. The molecule has 0 saturated carbocycles. The van der Waals surface area contributed by atoms with E-state index in [1.54, 1.807) is 6.92 Å². The zero-order valence-corrected chi connectivity index (χ0v) is 11.1. The lowest BCUT2D eigenvalue weighted by atomic mass is 10.0. The van der Waals surface area contributed by atoms with Gasteiger partial charge in [-0.25, -0.2) is 0 Å². The summed E-state index contributed by atoms with van der Waals surface area (Å²) in [6.45, 7) is 3.83. The number of esters is 1. The molecule has 1 aromatic rings. The highest BCUT2D eigenvalue weighted by atomic mass is 16.5. The second-order valence-corrected chi connectivity index (χ2v) is 4.22. The van der Waals surface area contributed by atoms with E-state index in [0.717, 1.165) is 5.56 Å². The van der Waals surface area contributed by atoms with Crippen LogP contribution in [0.25, 0.3) is 0 Å². The van der Waals surface area contributed by atoms with Gasteiger partial charge in [0.2, 0.25) is 0 Å². The van der Waals surface area contributed by atoms with Crippen LogP contribution in [0.5, 0.6) is 0 Å². The fourth-order valence-electron chi connectivity index (χ4n) is 1.66. The second-order valence-electron chi connectivity index (χ2n) is 4.22. The standard InChI is InChI=1S/C14H19NO4/c1-3-19-14(18)12(10(2)13(16)17)15-9-11-7-5-4-6-8-11/h4-8,10,12,15H,3,9H2,1-2H3,(H,16,17)/t10?,12-/m1/s1. The summed E-state index contributed by atoms with van der Waals surface area (Å²) in [5.74, 6) is -2.41. The van der Waals surface area contributed by atoms with Gasteiger partial charge in [-0.1, -0.05) is 30.3 Å². The van der Waals surface area contributed by atoms with E-state index in [2.05, 4.69) is 5.32 Å². The molecule has 0 saturated heterocycles. The van der Waals surface area contributed by atoms with Crippen LogP contribution in [-0.2, 0) is 20.9 Å². The number of carbonyl (C=O) groups is 2. The van der Waals surface area contributed by atoms with E-state index in [0.29, 0.717) is 6.54 Å². The molecule has 0 spiro atoms. The number of rotatable bonds is 7. The molecule has 2 atom stereocenters. The average molecular weight is 265 g/mol. The molecule has 0 fully saturated rings. The second kappa shape index (κ2) is 7.53. The smallest absolute Gasteiger partial charge is 0.324 e. The van der Waals surface area contributed by atoms with Crippen molar-refractivity contribution < 1.29 is 19.4 Å². The third-order valence-electron chi connectivity index (χ3n) is 2.80. The Bertz CT molecular complexity index is 419. The molecule has 19 heavy (non-hydrogen) atoms. The average Bonchev–Trinajstić information content (AvgIpc) is 2.40. The first-order valence-electron chi connectivity index (χ1n) is 6.23. The van der Waals surface area contributed by atoms with Crippen LogP contribution in [-0.4, -0.2) is 29.7 Å². The molecular weight excluding hydrogens is 246 g/mol. The summed E-state index contributed by atoms with van der Waals surface area (Å²) in [4.78, 5) is 22.8. The van der Waals surface area contributed by atoms with Gasteiger partial charge < -0.3 is 9.84 Å². The third kappa shape index (κ3) is 4.71. The van der Waals surface area contributed by atoms with E-state index >= 15 is 0 Å². The SMILES string of the molecule is CCOC(=O)[C@H](NCc1ccccc1)C(C)C(=O)O. The first-order valence-corrected chi connectivity index (χ1v) is 6.23. The molecule has 104 valence electrons. The Labute approximate surface area is 112 Å². The Hall–Kier alpha value is -1.88. The normalized spacial score (nSPS) is 13.6. The van der Waals surface area contributed by atoms with Crippen molar-refractivity contribution in [1.29, 1.82) is 0 Å². The van der Waals surface area contributed by atoms with Crippen molar-refractivity contribution in [2.45, 2.75) is 26.4 Å². The lowest BCUT2D eigenvalue weighted by molar-refractivity contribution is -0.153. The molecule has 0 bridgehead atoms. The molecule has 0 heterocycles. The van der Waals surface area contributed by atoms with Gasteiger partial charge in [-0.2, -0.15) is 0 Å². The highest BCUT2D eigenvalue weighted by molar-refractivity contribution is 5.83. The van der Waals surface area contributed by atoms with E-state index in [1.165, 1.54) is 6.92 Å². The van der Waals surface area contributed by atoms with Gasteiger partial charge >= 0.3 is 11.9 Å². The molecule has 0 aliphatic carbocycles. The molecule has 1 aromatic carbocycles. The van der Waals surface area contributed by atoms with E-state index in [1.807, 2.05) is 30.3 Å². The molecule has 0 aliphatic heterocycles. The summed E-state index contributed by atoms with van der Waals surface area (Å²) in [6, 6.07) is 8.62. The Morgan fingerprint density at radius 3 is 2.47 bits per heavy atom. The van der Waals surface area contributed by atoms with Crippen molar-refractivity contribution in [2.75, 3.05) is 6.61 Å². The number of aliphatic carboxylic acids is 1. The van der Waals surface area contributed by atoms with Gasteiger partial charge in [-0.05, 0) is 19.4 Å². The van der Waals surface area contributed by atoms with Crippen molar-refractivity contribution in [1.82, 2.24) is 5.32 Å². The topological polar surface area (TPSA) is 75.6 Å². The molecule has 0 aliphatic rings. The lowest BCUT2D eigenvalue weighted by Gasteiger charge is -2.20. The summed E-state index contributed by atoms with van der Waals surface area (Å²) < 4.78 is 4.90.